The summed E-state index contributed by atoms with van der Waals surface area (Å²) in [6, 6.07) is 20.8. The summed E-state index contributed by atoms with van der Waals surface area (Å²) in [5.74, 6) is 0.870. The second-order valence-corrected chi connectivity index (χ2v) is 6.16. The molecule has 0 aliphatic heterocycles. The van der Waals surface area contributed by atoms with E-state index >= 15 is 0 Å². The zero-order chi connectivity index (χ0) is 19.9. The minimum absolute atomic E-state index is 0.0840. The first-order chi connectivity index (χ1) is 13.5. The molecule has 0 radical (unpaired) electrons. The fraction of sp³-hybridized carbons (Fsp3) is 0.130. The highest BCUT2D eigenvalue weighted by Gasteiger charge is 2.11. The molecule has 0 aliphatic carbocycles. The standard InChI is InChI=1S/C23H20O5/c1-16-6-8-17(9-7-16)23(25)18-10-12-19(13-11-18)28-22(24)15-27-21-5-3-4-20(14-21)26-2/h3-14H,15H2,1-2H3. The van der Waals surface area contributed by atoms with Crippen molar-refractivity contribution in [2.24, 2.45) is 0 Å². The summed E-state index contributed by atoms with van der Waals surface area (Å²) in [4.78, 5) is 24.4. The molecule has 5 heteroatoms. The van der Waals surface area contributed by atoms with Crippen LogP contribution in [0.4, 0.5) is 0 Å². The molecule has 0 fully saturated rings. The zero-order valence-corrected chi connectivity index (χ0v) is 15.7. The van der Waals surface area contributed by atoms with Crippen LogP contribution in [0.1, 0.15) is 21.5 Å². The van der Waals surface area contributed by atoms with Crippen LogP contribution in [0, 0.1) is 6.92 Å². The van der Waals surface area contributed by atoms with Crippen LogP contribution in [0.15, 0.2) is 72.8 Å². The van der Waals surface area contributed by atoms with Gasteiger partial charge < -0.3 is 14.2 Å². The lowest BCUT2D eigenvalue weighted by molar-refractivity contribution is -0.136. The Kier molecular flexibility index (Phi) is 6.07. The highest BCUT2D eigenvalue weighted by Crippen LogP contribution is 2.19. The summed E-state index contributed by atoms with van der Waals surface area (Å²) < 4.78 is 15.7. The number of hydrogen-bond acceptors (Lipinski definition) is 5. The first-order valence-electron chi connectivity index (χ1n) is 8.74. The van der Waals surface area contributed by atoms with E-state index < -0.39 is 5.97 Å². The highest BCUT2D eigenvalue weighted by molar-refractivity contribution is 6.09. The maximum Gasteiger partial charge on any atom is 0.349 e. The van der Waals surface area contributed by atoms with Gasteiger partial charge in [0.1, 0.15) is 17.2 Å². The van der Waals surface area contributed by atoms with Gasteiger partial charge in [-0.3, -0.25) is 4.79 Å². The van der Waals surface area contributed by atoms with E-state index in [-0.39, 0.29) is 12.4 Å². The van der Waals surface area contributed by atoms with Gasteiger partial charge in [-0.15, -0.1) is 0 Å². The van der Waals surface area contributed by atoms with Crippen molar-refractivity contribution in [3.05, 3.63) is 89.5 Å². The molecule has 0 saturated carbocycles. The molecular formula is C23H20O5. The van der Waals surface area contributed by atoms with Crippen molar-refractivity contribution in [1.82, 2.24) is 0 Å². The van der Waals surface area contributed by atoms with Crippen LogP contribution in [-0.2, 0) is 4.79 Å². The minimum atomic E-state index is -0.541. The molecule has 0 aromatic heterocycles. The summed E-state index contributed by atoms with van der Waals surface area (Å²) >= 11 is 0. The van der Waals surface area contributed by atoms with E-state index in [1.54, 1.807) is 67.8 Å². The molecule has 28 heavy (non-hydrogen) atoms. The minimum Gasteiger partial charge on any atom is -0.497 e. The Hall–Kier alpha value is -3.60. The van der Waals surface area contributed by atoms with Gasteiger partial charge in [-0.2, -0.15) is 0 Å². The molecule has 0 heterocycles. The normalized spacial score (nSPS) is 10.2. The molecule has 3 aromatic rings. The predicted molar refractivity (Wildman–Crippen MR) is 105 cm³/mol. The number of rotatable bonds is 7. The van der Waals surface area contributed by atoms with Crippen molar-refractivity contribution >= 4 is 11.8 Å². The number of methoxy groups -OCH3 is 1. The van der Waals surface area contributed by atoms with Crippen molar-refractivity contribution in [2.45, 2.75) is 6.92 Å². The second-order valence-electron chi connectivity index (χ2n) is 6.16. The fourth-order valence-corrected chi connectivity index (χ4v) is 2.54. The number of carbonyl (C=O) groups excluding carboxylic acids is 2. The number of carbonyl (C=O) groups is 2. The molecule has 0 saturated heterocycles. The number of aryl methyl sites for hydroxylation is 1. The zero-order valence-electron chi connectivity index (χ0n) is 15.7. The monoisotopic (exact) mass is 376 g/mol. The molecule has 5 nitrogen and oxygen atoms in total. The molecular weight excluding hydrogens is 356 g/mol. The van der Waals surface area contributed by atoms with Gasteiger partial charge in [0, 0.05) is 17.2 Å². The number of hydrogen-bond donors (Lipinski definition) is 0. The van der Waals surface area contributed by atoms with Crippen LogP contribution < -0.4 is 14.2 Å². The van der Waals surface area contributed by atoms with E-state index in [1.165, 1.54) is 0 Å². The topological polar surface area (TPSA) is 61.8 Å². The van der Waals surface area contributed by atoms with E-state index in [0.29, 0.717) is 28.4 Å². The Bertz CT molecular complexity index is 959. The predicted octanol–water partition coefficient (Wildman–Crippen LogP) is 4.22. The molecule has 0 amide bonds. The van der Waals surface area contributed by atoms with Gasteiger partial charge in [-0.1, -0.05) is 35.9 Å². The number of ketones is 1. The number of ether oxygens (including phenoxy) is 3. The van der Waals surface area contributed by atoms with Gasteiger partial charge in [0.25, 0.3) is 0 Å². The molecule has 0 bridgehead atoms. The maximum absolute atomic E-state index is 12.5. The summed E-state index contributed by atoms with van der Waals surface area (Å²) in [5.41, 5.74) is 2.23. The molecule has 0 aliphatic rings. The van der Waals surface area contributed by atoms with E-state index in [4.69, 9.17) is 14.2 Å². The van der Waals surface area contributed by atoms with Gasteiger partial charge >= 0.3 is 5.97 Å². The van der Waals surface area contributed by atoms with Crippen LogP contribution in [0.5, 0.6) is 17.2 Å². The highest BCUT2D eigenvalue weighted by atomic mass is 16.6. The molecule has 142 valence electrons. The Morgan fingerprint density at radius 1 is 0.786 bits per heavy atom. The Morgan fingerprint density at radius 2 is 1.39 bits per heavy atom. The van der Waals surface area contributed by atoms with Crippen molar-refractivity contribution < 1.29 is 23.8 Å². The largest absolute Gasteiger partial charge is 0.497 e. The van der Waals surface area contributed by atoms with E-state index in [1.807, 2.05) is 19.1 Å². The Labute approximate surface area is 163 Å². The van der Waals surface area contributed by atoms with Crippen LogP contribution in [0.25, 0.3) is 0 Å². The average Bonchev–Trinajstić information content (AvgIpc) is 2.73. The Balaban J connectivity index is 1.56. The first kappa shape index (κ1) is 19.2. The van der Waals surface area contributed by atoms with Crippen molar-refractivity contribution in [1.29, 1.82) is 0 Å². The fourth-order valence-electron chi connectivity index (χ4n) is 2.54. The van der Waals surface area contributed by atoms with Gasteiger partial charge in [-0.05, 0) is 43.3 Å². The molecule has 0 atom stereocenters. The molecule has 3 rings (SSSR count). The van der Waals surface area contributed by atoms with Crippen LogP contribution in [-0.4, -0.2) is 25.5 Å². The third-order valence-corrected chi connectivity index (χ3v) is 4.06. The second kappa shape index (κ2) is 8.86. The van der Waals surface area contributed by atoms with Crippen molar-refractivity contribution in [3.8, 4) is 17.2 Å². The molecule has 0 spiro atoms. The number of benzene rings is 3. The number of esters is 1. The Morgan fingerprint density at radius 3 is 2.04 bits per heavy atom. The maximum atomic E-state index is 12.5. The third-order valence-electron chi connectivity index (χ3n) is 4.06. The molecule has 0 N–H and O–H groups in total. The van der Waals surface area contributed by atoms with E-state index in [9.17, 15) is 9.59 Å². The van der Waals surface area contributed by atoms with Gasteiger partial charge in [-0.25, -0.2) is 4.79 Å². The lowest BCUT2D eigenvalue weighted by Crippen LogP contribution is -2.17. The lowest BCUT2D eigenvalue weighted by Gasteiger charge is -2.08. The summed E-state index contributed by atoms with van der Waals surface area (Å²) in [5, 5.41) is 0. The quantitative estimate of drug-likeness (QED) is 0.351. The average molecular weight is 376 g/mol. The lowest BCUT2D eigenvalue weighted by atomic mass is 10.0. The molecule has 3 aromatic carbocycles. The van der Waals surface area contributed by atoms with Crippen molar-refractivity contribution in [2.75, 3.05) is 13.7 Å². The SMILES string of the molecule is COc1cccc(OCC(=O)Oc2ccc(C(=O)c3ccc(C)cc3)cc2)c1. The first-order valence-corrected chi connectivity index (χ1v) is 8.74. The van der Waals surface area contributed by atoms with E-state index in [2.05, 4.69) is 0 Å². The molecule has 0 unspecified atom stereocenters. The third kappa shape index (κ3) is 4.98. The van der Waals surface area contributed by atoms with Crippen molar-refractivity contribution in [3.63, 3.8) is 0 Å². The van der Waals surface area contributed by atoms with Gasteiger partial charge in [0.15, 0.2) is 12.4 Å². The van der Waals surface area contributed by atoms with Gasteiger partial charge in [0.2, 0.25) is 0 Å². The van der Waals surface area contributed by atoms with E-state index in [0.717, 1.165) is 5.56 Å². The summed E-state index contributed by atoms with van der Waals surface area (Å²) in [6.07, 6.45) is 0. The van der Waals surface area contributed by atoms with Crippen LogP contribution in [0.3, 0.4) is 0 Å². The summed E-state index contributed by atoms with van der Waals surface area (Å²) in [6.45, 7) is 1.73. The smallest absolute Gasteiger partial charge is 0.349 e. The van der Waals surface area contributed by atoms with Gasteiger partial charge in [0.05, 0.1) is 7.11 Å². The summed E-state index contributed by atoms with van der Waals surface area (Å²) in [7, 11) is 1.56. The van der Waals surface area contributed by atoms with Crippen LogP contribution in [0.2, 0.25) is 0 Å². The van der Waals surface area contributed by atoms with Crippen LogP contribution >= 0.6 is 0 Å².